The molecule has 0 aromatic carbocycles. The highest BCUT2D eigenvalue weighted by Gasteiger charge is 2.37. The molecule has 2 aliphatic rings. The molecule has 2 fully saturated rings. The van der Waals surface area contributed by atoms with E-state index in [0.717, 1.165) is 26.1 Å². The van der Waals surface area contributed by atoms with E-state index in [1.807, 2.05) is 7.05 Å². The summed E-state index contributed by atoms with van der Waals surface area (Å²) in [5.74, 6) is 0.579. The van der Waals surface area contributed by atoms with Gasteiger partial charge in [-0.25, -0.2) is 8.42 Å². The third kappa shape index (κ3) is 2.56. The SMILES string of the molecule is CN1CCN(C2CCS(=O)(=O)C2)C(CO)C1. The monoisotopic (exact) mass is 248 g/mol. The molecule has 0 amide bonds. The molecule has 0 spiro atoms. The van der Waals surface area contributed by atoms with Gasteiger partial charge in [-0.3, -0.25) is 4.90 Å². The summed E-state index contributed by atoms with van der Waals surface area (Å²) in [7, 11) is -0.794. The summed E-state index contributed by atoms with van der Waals surface area (Å²) < 4.78 is 22.9. The normalized spacial score (nSPS) is 36.6. The van der Waals surface area contributed by atoms with Crippen LogP contribution in [-0.2, 0) is 9.84 Å². The highest BCUT2D eigenvalue weighted by molar-refractivity contribution is 7.91. The van der Waals surface area contributed by atoms with Gasteiger partial charge in [-0.2, -0.15) is 0 Å². The maximum atomic E-state index is 11.4. The molecule has 5 nitrogen and oxygen atoms in total. The predicted molar refractivity (Wildman–Crippen MR) is 62.1 cm³/mol. The first-order valence-corrected chi connectivity index (χ1v) is 7.59. The van der Waals surface area contributed by atoms with Gasteiger partial charge in [0.15, 0.2) is 9.84 Å². The molecule has 6 heteroatoms. The van der Waals surface area contributed by atoms with Gasteiger partial charge in [-0.1, -0.05) is 0 Å². The summed E-state index contributed by atoms with van der Waals surface area (Å²) in [5, 5.41) is 9.35. The number of aliphatic hydroxyl groups excluding tert-OH is 1. The molecule has 2 aliphatic heterocycles. The zero-order chi connectivity index (χ0) is 11.8. The van der Waals surface area contributed by atoms with Crippen LogP contribution in [0.3, 0.4) is 0 Å². The Morgan fingerprint density at radius 2 is 2.12 bits per heavy atom. The van der Waals surface area contributed by atoms with Gasteiger partial charge >= 0.3 is 0 Å². The van der Waals surface area contributed by atoms with Gasteiger partial charge in [0, 0.05) is 31.7 Å². The van der Waals surface area contributed by atoms with E-state index in [1.165, 1.54) is 0 Å². The van der Waals surface area contributed by atoms with Crippen LogP contribution in [0.2, 0.25) is 0 Å². The summed E-state index contributed by atoms with van der Waals surface area (Å²) in [5.41, 5.74) is 0. The van der Waals surface area contributed by atoms with Crippen molar-refractivity contribution in [3.05, 3.63) is 0 Å². The van der Waals surface area contributed by atoms with E-state index in [1.54, 1.807) is 0 Å². The van der Waals surface area contributed by atoms with Crippen molar-refractivity contribution < 1.29 is 13.5 Å². The molecule has 1 N–H and O–H groups in total. The zero-order valence-electron chi connectivity index (χ0n) is 9.67. The largest absolute Gasteiger partial charge is 0.395 e. The Kier molecular flexibility index (Phi) is 3.53. The molecule has 0 aliphatic carbocycles. The fourth-order valence-corrected chi connectivity index (χ4v) is 4.45. The number of aliphatic hydroxyl groups is 1. The second-order valence-corrected chi connectivity index (χ2v) is 7.12. The highest BCUT2D eigenvalue weighted by atomic mass is 32.2. The minimum Gasteiger partial charge on any atom is -0.395 e. The number of hydrogen-bond acceptors (Lipinski definition) is 5. The summed E-state index contributed by atoms with van der Waals surface area (Å²) in [6.45, 7) is 2.75. The maximum absolute atomic E-state index is 11.4. The molecule has 0 aromatic heterocycles. The molecular weight excluding hydrogens is 228 g/mol. The topological polar surface area (TPSA) is 60.9 Å². The lowest BCUT2D eigenvalue weighted by molar-refractivity contribution is 0.0277. The molecule has 2 saturated heterocycles. The first-order chi connectivity index (χ1) is 7.52. The highest BCUT2D eigenvalue weighted by Crippen LogP contribution is 2.21. The van der Waals surface area contributed by atoms with Gasteiger partial charge in [-0.05, 0) is 13.5 Å². The standard InChI is InChI=1S/C10H20N2O3S/c1-11-3-4-12(10(6-11)7-13)9-2-5-16(14,15)8-9/h9-10,13H,2-8H2,1H3. The van der Waals surface area contributed by atoms with Crippen molar-refractivity contribution in [3.63, 3.8) is 0 Å². The summed E-state index contributed by atoms with van der Waals surface area (Å²) >= 11 is 0. The molecule has 0 aromatic rings. The Morgan fingerprint density at radius 1 is 1.38 bits per heavy atom. The van der Waals surface area contributed by atoms with Crippen molar-refractivity contribution >= 4 is 9.84 Å². The van der Waals surface area contributed by atoms with Crippen molar-refractivity contribution in [1.29, 1.82) is 0 Å². The molecule has 0 radical (unpaired) electrons. The number of sulfone groups is 1. The van der Waals surface area contributed by atoms with E-state index in [0.29, 0.717) is 5.75 Å². The summed E-state index contributed by atoms with van der Waals surface area (Å²) in [6, 6.07) is 0.216. The van der Waals surface area contributed by atoms with Gasteiger partial charge in [0.1, 0.15) is 0 Å². The summed E-state index contributed by atoms with van der Waals surface area (Å²) in [4.78, 5) is 4.37. The molecule has 94 valence electrons. The van der Waals surface area contributed by atoms with Crippen molar-refractivity contribution in [2.75, 3.05) is 44.8 Å². The van der Waals surface area contributed by atoms with Crippen LogP contribution in [0.25, 0.3) is 0 Å². The molecule has 2 heterocycles. The first-order valence-electron chi connectivity index (χ1n) is 5.77. The summed E-state index contributed by atoms with van der Waals surface area (Å²) in [6.07, 6.45) is 0.725. The van der Waals surface area contributed by atoms with Crippen LogP contribution in [0.4, 0.5) is 0 Å². The van der Waals surface area contributed by atoms with Crippen molar-refractivity contribution in [2.45, 2.75) is 18.5 Å². The molecule has 0 saturated carbocycles. The van der Waals surface area contributed by atoms with Crippen molar-refractivity contribution in [3.8, 4) is 0 Å². The van der Waals surface area contributed by atoms with Crippen molar-refractivity contribution in [1.82, 2.24) is 9.80 Å². The average molecular weight is 248 g/mol. The number of nitrogens with zero attached hydrogens (tertiary/aromatic N) is 2. The smallest absolute Gasteiger partial charge is 0.151 e. The Morgan fingerprint density at radius 3 is 2.69 bits per heavy atom. The minimum atomic E-state index is -2.83. The van der Waals surface area contributed by atoms with Crippen LogP contribution in [0.5, 0.6) is 0 Å². The molecule has 16 heavy (non-hydrogen) atoms. The number of piperazine rings is 1. The number of likely N-dealkylation sites (N-methyl/N-ethyl adjacent to an activating group) is 1. The van der Waals surface area contributed by atoms with Gasteiger partial charge in [-0.15, -0.1) is 0 Å². The Bertz CT molecular complexity index is 344. The van der Waals surface area contributed by atoms with Crippen LogP contribution < -0.4 is 0 Å². The van der Waals surface area contributed by atoms with E-state index in [2.05, 4.69) is 9.80 Å². The number of rotatable bonds is 2. The van der Waals surface area contributed by atoms with Crippen molar-refractivity contribution in [2.24, 2.45) is 0 Å². The fourth-order valence-electron chi connectivity index (χ4n) is 2.70. The van der Waals surface area contributed by atoms with E-state index >= 15 is 0 Å². The van der Waals surface area contributed by atoms with E-state index in [4.69, 9.17) is 0 Å². The van der Waals surface area contributed by atoms with Gasteiger partial charge in [0.2, 0.25) is 0 Å². The fraction of sp³-hybridized carbons (Fsp3) is 1.00. The minimum absolute atomic E-state index is 0.0945. The quantitative estimate of drug-likeness (QED) is 0.664. The Hall–Kier alpha value is -0.170. The van der Waals surface area contributed by atoms with Gasteiger partial charge in [0.25, 0.3) is 0 Å². The second-order valence-electron chi connectivity index (χ2n) is 4.89. The van der Waals surface area contributed by atoms with Crippen LogP contribution >= 0.6 is 0 Å². The molecule has 2 unspecified atom stereocenters. The van der Waals surface area contributed by atoms with Crippen LogP contribution in [-0.4, -0.2) is 80.2 Å². The zero-order valence-corrected chi connectivity index (χ0v) is 10.5. The lowest BCUT2D eigenvalue weighted by atomic mass is 10.1. The second kappa shape index (κ2) is 4.60. The third-order valence-electron chi connectivity index (χ3n) is 3.62. The maximum Gasteiger partial charge on any atom is 0.151 e. The van der Waals surface area contributed by atoms with Crippen LogP contribution in [0.15, 0.2) is 0 Å². The van der Waals surface area contributed by atoms with Crippen LogP contribution in [0.1, 0.15) is 6.42 Å². The van der Waals surface area contributed by atoms with Crippen LogP contribution in [0, 0.1) is 0 Å². The third-order valence-corrected chi connectivity index (χ3v) is 5.37. The average Bonchev–Trinajstić information content (AvgIpc) is 2.58. The molecular formula is C10H20N2O3S. The van der Waals surface area contributed by atoms with Gasteiger partial charge < -0.3 is 10.0 Å². The lowest BCUT2D eigenvalue weighted by Gasteiger charge is -2.42. The molecule has 2 rings (SSSR count). The Balaban J connectivity index is 2.03. The Labute approximate surface area is 97.0 Å². The lowest BCUT2D eigenvalue weighted by Crippen LogP contribution is -2.57. The van der Waals surface area contributed by atoms with E-state index < -0.39 is 9.84 Å². The molecule has 0 bridgehead atoms. The van der Waals surface area contributed by atoms with Gasteiger partial charge in [0.05, 0.1) is 18.1 Å². The first kappa shape index (κ1) is 12.3. The molecule has 2 atom stereocenters. The van der Waals surface area contributed by atoms with E-state index in [-0.39, 0.29) is 24.4 Å². The predicted octanol–water partition coefficient (Wildman–Crippen LogP) is -1.22. The number of hydrogen-bond donors (Lipinski definition) is 1. The van der Waals surface area contributed by atoms with E-state index in [9.17, 15) is 13.5 Å².